The number of benzene rings is 1. The summed E-state index contributed by atoms with van der Waals surface area (Å²) in [5, 5.41) is 0. The quantitative estimate of drug-likeness (QED) is 0.762. The predicted octanol–water partition coefficient (Wildman–Crippen LogP) is 1.78. The fourth-order valence-corrected chi connectivity index (χ4v) is 3.99. The highest BCUT2D eigenvalue weighted by Crippen LogP contribution is 2.11. The van der Waals surface area contributed by atoms with E-state index in [1.165, 1.54) is 15.9 Å². The molecule has 27 heavy (non-hydrogen) atoms. The topological polar surface area (TPSA) is 82.9 Å². The van der Waals surface area contributed by atoms with Crippen molar-refractivity contribution in [1.29, 1.82) is 0 Å². The molecule has 0 unspecified atom stereocenters. The molecule has 0 spiro atoms. The van der Waals surface area contributed by atoms with Gasteiger partial charge in [-0.3, -0.25) is 9.69 Å². The maximum absolute atomic E-state index is 12.4. The van der Waals surface area contributed by atoms with Crippen LogP contribution in [0.15, 0.2) is 53.0 Å². The lowest BCUT2D eigenvalue weighted by Crippen LogP contribution is -2.52. The van der Waals surface area contributed by atoms with E-state index in [9.17, 15) is 13.2 Å². The normalized spacial score (nSPS) is 16.6. The molecule has 1 saturated heterocycles. The van der Waals surface area contributed by atoms with Crippen LogP contribution in [0.5, 0.6) is 0 Å². The second-order valence-corrected chi connectivity index (χ2v) is 8.08. The van der Waals surface area contributed by atoms with Gasteiger partial charge in [0.25, 0.3) is 5.91 Å². The summed E-state index contributed by atoms with van der Waals surface area (Å²) < 4.78 is 33.5. The van der Waals surface area contributed by atoms with Gasteiger partial charge in [0, 0.05) is 38.8 Å². The Labute approximate surface area is 159 Å². The van der Waals surface area contributed by atoms with E-state index in [-0.39, 0.29) is 0 Å². The van der Waals surface area contributed by atoms with E-state index in [4.69, 9.17) is 4.42 Å². The minimum atomic E-state index is -3.85. The predicted molar refractivity (Wildman–Crippen MR) is 103 cm³/mol. The van der Waals surface area contributed by atoms with Crippen LogP contribution >= 0.6 is 0 Å². The Morgan fingerprint density at radius 1 is 1.11 bits per heavy atom. The van der Waals surface area contributed by atoms with Crippen LogP contribution in [-0.4, -0.2) is 49.7 Å². The molecule has 1 aliphatic rings. The summed E-state index contributed by atoms with van der Waals surface area (Å²) in [5.41, 5.74) is 1.19. The van der Waals surface area contributed by atoms with E-state index in [2.05, 4.69) is 21.8 Å². The molecule has 0 saturated carbocycles. The summed E-state index contributed by atoms with van der Waals surface area (Å²) in [6.07, 6.45) is 2.59. The van der Waals surface area contributed by atoms with Gasteiger partial charge >= 0.3 is 10.2 Å². The van der Waals surface area contributed by atoms with Crippen LogP contribution in [0.3, 0.4) is 0 Å². The van der Waals surface area contributed by atoms with Crippen LogP contribution in [0.4, 0.5) is 0 Å². The minimum Gasteiger partial charge on any atom is -0.462 e. The molecule has 0 atom stereocenters. The number of carbonyl (C=O) groups excluding carboxylic acids is 1. The summed E-state index contributed by atoms with van der Waals surface area (Å²) in [6.45, 7) is 4.50. The third-order valence-electron chi connectivity index (χ3n) is 4.31. The molecule has 1 fully saturated rings. The molecule has 0 bridgehead atoms. The molecular formula is C19H23N3O4S. The average molecular weight is 389 g/mol. The number of amides is 1. The average Bonchev–Trinajstić information content (AvgIpc) is 3.06. The number of carbonyl (C=O) groups is 1. The third kappa shape index (κ3) is 5.53. The van der Waals surface area contributed by atoms with Gasteiger partial charge in [-0.05, 0) is 30.7 Å². The standard InChI is InChI=1S/C19H23N3O4S/c1-16-7-8-18(26-16)9-10-19(23)20-27(24,25)22-13-11-21(12-14-22)15-17-5-3-2-4-6-17/h2-10H,11-15H2,1H3,(H,20,23). The van der Waals surface area contributed by atoms with Crippen molar-refractivity contribution in [1.82, 2.24) is 13.9 Å². The van der Waals surface area contributed by atoms with Crippen molar-refractivity contribution in [3.05, 3.63) is 65.6 Å². The number of hydrogen-bond acceptors (Lipinski definition) is 5. The van der Waals surface area contributed by atoms with Crippen molar-refractivity contribution < 1.29 is 17.6 Å². The molecule has 7 nitrogen and oxygen atoms in total. The lowest BCUT2D eigenvalue weighted by atomic mass is 10.2. The molecular weight excluding hydrogens is 366 g/mol. The summed E-state index contributed by atoms with van der Waals surface area (Å²) in [5.74, 6) is 0.515. The number of piperazine rings is 1. The van der Waals surface area contributed by atoms with Crippen LogP contribution in [-0.2, 0) is 21.5 Å². The Bertz CT molecular complexity index is 898. The fraction of sp³-hybridized carbons (Fsp3) is 0.316. The van der Waals surface area contributed by atoms with Gasteiger partial charge in [0.1, 0.15) is 11.5 Å². The number of nitrogens with one attached hydrogen (secondary N) is 1. The molecule has 144 valence electrons. The van der Waals surface area contributed by atoms with Gasteiger partial charge in [-0.2, -0.15) is 12.7 Å². The molecule has 3 rings (SSSR count). The number of aryl methyl sites for hydroxylation is 1. The van der Waals surface area contributed by atoms with Crippen LogP contribution in [0.25, 0.3) is 6.08 Å². The number of furan rings is 1. The lowest BCUT2D eigenvalue weighted by Gasteiger charge is -2.33. The number of nitrogens with zero attached hydrogens (tertiary/aromatic N) is 2. The van der Waals surface area contributed by atoms with Crippen molar-refractivity contribution in [2.24, 2.45) is 0 Å². The molecule has 8 heteroatoms. The van der Waals surface area contributed by atoms with Gasteiger partial charge in [0.05, 0.1) is 0 Å². The van der Waals surface area contributed by atoms with E-state index in [0.29, 0.717) is 31.9 Å². The van der Waals surface area contributed by atoms with Gasteiger partial charge in [-0.1, -0.05) is 30.3 Å². The summed E-state index contributed by atoms with van der Waals surface area (Å²) in [4.78, 5) is 14.1. The summed E-state index contributed by atoms with van der Waals surface area (Å²) in [6, 6.07) is 13.5. The van der Waals surface area contributed by atoms with E-state index in [1.807, 2.05) is 18.2 Å². The number of rotatable bonds is 6. The van der Waals surface area contributed by atoms with Crippen LogP contribution in [0.1, 0.15) is 17.1 Å². The highest BCUT2D eigenvalue weighted by molar-refractivity contribution is 7.87. The van der Waals surface area contributed by atoms with Gasteiger partial charge in [0.15, 0.2) is 0 Å². The van der Waals surface area contributed by atoms with E-state index in [0.717, 1.165) is 18.4 Å². The second kappa shape index (κ2) is 8.51. The summed E-state index contributed by atoms with van der Waals surface area (Å²) >= 11 is 0. The highest BCUT2D eigenvalue weighted by Gasteiger charge is 2.27. The first-order chi connectivity index (χ1) is 12.9. The van der Waals surface area contributed by atoms with E-state index in [1.54, 1.807) is 19.1 Å². The fourth-order valence-electron chi connectivity index (χ4n) is 2.90. The number of hydrogen-bond donors (Lipinski definition) is 1. The Balaban J connectivity index is 1.50. The first kappa shape index (κ1) is 19.3. The van der Waals surface area contributed by atoms with Gasteiger partial charge < -0.3 is 4.42 Å². The van der Waals surface area contributed by atoms with Crippen LogP contribution in [0, 0.1) is 6.92 Å². The van der Waals surface area contributed by atoms with Crippen LogP contribution < -0.4 is 4.72 Å². The molecule has 1 amide bonds. The SMILES string of the molecule is Cc1ccc(C=CC(=O)NS(=O)(=O)N2CCN(Cc3ccccc3)CC2)o1. The zero-order chi connectivity index (χ0) is 19.3. The molecule has 0 radical (unpaired) electrons. The van der Waals surface area contributed by atoms with Gasteiger partial charge in [0.2, 0.25) is 0 Å². The van der Waals surface area contributed by atoms with Gasteiger partial charge in [-0.15, -0.1) is 0 Å². The zero-order valence-electron chi connectivity index (χ0n) is 15.2. The third-order valence-corrected chi connectivity index (χ3v) is 5.81. The zero-order valence-corrected chi connectivity index (χ0v) is 16.0. The van der Waals surface area contributed by atoms with Crippen molar-refractivity contribution in [2.45, 2.75) is 13.5 Å². The largest absolute Gasteiger partial charge is 0.462 e. The second-order valence-electron chi connectivity index (χ2n) is 6.41. The van der Waals surface area contributed by atoms with Crippen molar-refractivity contribution >= 4 is 22.2 Å². The van der Waals surface area contributed by atoms with Crippen LogP contribution in [0.2, 0.25) is 0 Å². The molecule has 2 aromatic rings. The lowest BCUT2D eigenvalue weighted by molar-refractivity contribution is -0.114. The summed E-state index contributed by atoms with van der Waals surface area (Å²) in [7, 11) is -3.85. The minimum absolute atomic E-state index is 0.344. The first-order valence-corrected chi connectivity index (χ1v) is 10.2. The Morgan fingerprint density at radius 3 is 2.44 bits per heavy atom. The monoisotopic (exact) mass is 389 g/mol. The van der Waals surface area contributed by atoms with Gasteiger partial charge in [-0.25, -0.2) is 4.72 Å². The highest BCUT2D eigenvalue weighted by atomic mass is 32.2. The molecule has 0 aliphatic carbocycles. The Hall–Kier alpha value is -2.42. The van der Waals surface area contributed by atoms with E-state index >= 15 is 0 Å². The van der Waals surface area contributed by atoms with Crippen molar-refractivity contribution in [2.75, 3.05) is 26.2 Å². The van der Waals surface area contributed by atoms with Crippen molar-refractivity contribution in [3.8, 4) is 0 Å². The first-order valence-electron chi connectivity index (χ1n) is 8.75. The van der Waals surface area contributed by atoms with Crippen molar-refractivity contribution in [3.63, 3.8) is 0 Å². The molecule has 1 N–H and O–H groups in total. The Kier molecular flexibility index (Phi) is 6.10. The molecule has 1 aromatic heterocycles. The Morgan fingerprint density at radius 2 is 1.81 bits per heavy atom. The maximum Gasteiger partial charge on any atom is 0.304 e. The molecule has 1 aliphatic heterocycles. The smallest absolute Gasteiger partial charge is 0.304 e. The maximum atomic E-state index is 12.4. The molecule has 1 aromatic carbocycles. The van der Waals surface area contributed by atoms with E-state index < -0.39 is 16.1 Å². The molecule has 2 heterocycles.